The van der Waals surface area contributed by atoms with E-state index in [2.05, 4.69) is 33.6 Å². The molecule has 0 spiro atoms. The molecule has 1 aromatic heterocycles. The first kappa shape index (κ1) is 13.2. The molecule has 0 bridgehead atoms. The van der Waals surface area contributed by atoms with Crippen molar-refractivity contribution in [3.8, 4) is 0 Å². The van der Waals surface area contributed by atoms with Crippen LogP contribution in [0.5, 0.6) is 0 Å². The largest absolute Gasteiger partial charge is 0.383 e. The maximum atomic E-state index is 5.71. The summed E-state index contributed by atoms with van der Waals surface area (Å²) in [7, 11) is 6.00. The Hall–Kier alpha value is -0.880. The SMILES string of the molecule is CN(C)C.Nc1ncc(I)c2ccccc12. The van der Waals surface area contributed by atoms with E-state index in [1.54, 1.807) is 6.20 Å². The molecule has 0 amide bonds. The number of nitrogens with zero attached hydrogens (tertiary/aromatic N) is 2. The minimum Gasteiger partial charge on any atom is -0.383 e. The molecule has 3 nitrogen and oxygen atoms in total. The summed E-state index contributed by atoms with van der Waals surface area (Å²) in [5, 5.41) is 2.20. The first-order valence-electron chi connectivity index (χ1n) is 4.92. The predicted molar refractivity (Wildman–Crippen MR) is 78.5 cm³/mol. The molecule has 2 aromatic rings. The maximum Gasteiger partial charge on any atom is 0.131 e. The Morgan fingerprint density at radius 2 is 1.62 bits per heavy atom. The first-order valence-corrected chi connectivity index (χ1v) is 6.00. The van der Waals surface area contributed by atoms with Crippen LogP contribution in [0.25, 0.3) is 10.8 Å². The fourth-order valence-electron chi connectivity index (χ4n) is 1.18. The molecule has 86 valence electrons. The van der Waals surface area contributed by atoms with Crippen molar-refractivity contribution in [1.82, 2.24) is 9.88 Å². The minimum atomic E-state index is 0.603. The highest BCUT2D eigenvalue weighted by molar-refractivity contribution is 14.1. The summed E-state index contributed by atoms with van der Waals surface area (Å²) in [6, 6.07) is 8.01. The molecule has 0 atom stereocenters. The Morgan fingerprint density at radius 3 is 2.12 bits per heavy atom. The highest BCUT2D eigenvalue weighted by atomic mass is 127. The van der Waals surface area contributed by atoms with E-state index in [1.165, 1.54) is 5.39 Å². The van der Waals surface area contributed by atoms with E-state index in [9.17, 15) is 0 Å². The second kappa shape index (κ2) is 6.00. The standard InChI is InChI=1S/C9H7IN2.C3H9N/c10-8-5-12-9(11)7-4-2-1-3-6(7)8;1-4(2)3/h1-5H,(H2,11,12);1-3H3. The maximum absolute atomic E-state index is 5.71. The molecular weight excluding hydrogens is 313 g/mol. The molecule has 2 N–H and O–H groups in total. The summed E-state index contributed by atoms with van der Waals surface area (Å²) in [5.74, 6) is 0.603. The van der Waals surface area contributed by atoms with E-state index in [0.29, 0.717) is 5.82 Å². The number of halogens is 1. The van der Waals surface area contributed by atoms with Gasteiger partial charge in [0.25, 0.3) is 0 Å². The Balaban J connectivity index is 0.000000280. The Labute approximate surface area is 110 Å². The predicted octanol–water partition coefficient (Wildman–Crippen LogP) is 2.60. The van der Waals surface area contributed by atoms with Gasteiger partial charge in [0, 0.05) is 20.5 Å². The number of benzene rings is 1. The van der Waals surface area contributed by atoms with Gasteiger partial charge in [0.15, 0.2) is 0 Å². The monoisotopic (exact) mass is 329 g/mol. The summed E-state index contributed by atoms with van der Waals surface area (Å²) in [6.07, 6.45) is 1.79. The Bertz CT molecular complexity index is 426. The van der Waals surface area contributed by atoms with Gasteiger partial charge in [-0.25, -0.2) is 4.98 Å². The second-order valence-corrected chi connectivity index (χ2v) is 5.04. The number of rotatable bonds is 0. The van der Waals surface area contributed by atoms with E-state index in [1.807, 2.05) is 44.2 Å². The van der Waals surface area contributed by atoms with E-state index in [4.69, 9.17) is 5.73 Å². The normalized spacial score (nSPS) is 10.1. The molecule has 16 heavy (non-hydrogen) atoms. The molecule has 4 heteroatoms. The molecule has 2 rings (SSSR count). The number of hydrogen-bond donors (Lipinski definition) is 1. The zero-order chi connectivity index (χ0) is 12.1. The van der Waals surface area contributed by atoms with Crippen LogP contribution in [-0.4, -0.2) is 31.0 Å². The van der Waals surface area contributed by atoms with E-state index in [-0.39, 0.29) is 0 Å². The third-order valence-corrected chi connectivity index (χ3v) is 2.64. The second-order valence-electron chi connectivity index (χ2n) is 3.88. The van der Waals surface area contributed by atoms with Crippen molar-refractivity contribution in [3.05, 3.63) is 34.0 Å². The van der Waals surface area contributed by atoms with Crippen molar-refractivity contribution in [3.63, 3.8) is 0 Å². The van der Waals surface area contributed by atoms with Gasteiger partial charge >= 0.3 is 0 Å². The zero-order valence-electron chi connectivity index (χ0n) is 9.74. The summed E-state index contributed by atoms with van der Waals surface area (Å²) in [5.41, 5.74) is 5.71. The molecule has 0 aliphatic carbocycles. The summed E-state index contributed by atoms with van der Waals surface area (Å²) in [6.45, 7) is 0. The third kappa shape index (κ3) is 3.61. The zero-order valence-corrected chi connectivity index (χ0v) is 11.9. The smallest absolute Gasteiger partial charge is 0.131 e. The quantitative estimate of drug-likeness (QED) is 0.756. The van der Waals surface area contributed by atoms with Gasteiger partial charge in [0.05, 0.1) is 0 Å². The molecule has 0 unspecified atom stereocenters. The van der Waals surface area contributed by atoms with E-state index >= 15 is 0 Å². The first-order chi connectivity index (χ1) is 7.52. The lowest BCUT2D eigenvalue weighted by atomic mass is 10.2. The average Bonchev–Trinajstić information content (AvgIpc) is 2.23. The topological polar surface area (TPSA) is 42.1 Å². The van der Waals surface area contributed by atoms with Gasteiger partial charge in [-0.3, -0.25) is 0 Å². The van der Waals surface area contributed by atoms with Crippen LogP contribution in [-0.2, 0) is 0 Å². The van der Waals surface area contributed by atoms with Crippen LogP contribution in [0.3, 0.4) is 0 Å². The van der Waals surface area contributed by atoms with Crippen molar-refractivity contribution in [2.24, 2.45) is 0 Å². The fraction of sp³-hybridized carbons (Fsp3) is 0.250. The van der Waals surface area contributed by atoms with Crippen LogP contribution >= 0.6 is 22.6 Å². The number of anilines is 1. The summed E-state index contributed by atoms with van der Waals surface area (Å²) in [4.78, 5) is 6.08. The fourth-order valence-corrected chi connectivity index (χ4v) is 1.79. The minimum absolute atomic E-state index is 0.603. The van der Waals surface area contributed by atoms with Crippen LogP contribution < -0.4 is 5.73 Å². The molecule has 1 aromatic carbocycles. The van der Waals surface area contributed by atoms with Crippen LogP contribution in [0.1, 0.15) is 0 Å². The highest BCUT2D eigenvalue weighted by Crippen LogP contribution is 2.22. The van der Waals surface area contributed by atoms with Gasteiger partial charge in [0.2, 0.25) is 0 Å². The lowest BCUT2D eigenvalue weighted by Gasteiger charge is -2.01. The van der Waals surface area contributed by atoms with Gasteiger partial charge < -0.3 is 10.6 Å². The number of hydrogen-bond acceptors (Lipinski definition) is 3. The number of nitrogens with two attached hydrogens (primary N) is 1. The number of aromatic nitrogens is 1. The van der Waals surface area contributed by atoms with Crippen molar-refractivity contribution in [2.45, 2.75) is 0 Å². The molecule has 0 aliphatic heterocycles. The van der Waals surface area contributed by atoms with Gasteiger partial charge in [-0.05, 0) is 43.7 Å². The molecule has 0 radical (unpaired) electrons. The van der Waals surface area contributed by atoms with Crippen LogP contribution in [0.2, 0.25) is 0 Å². The highest BCUT2D eigenvalue weighted by Gasteiger charge is 2.00. The van der Waals surface area contributed by atoms with E-state index in [0.717, 1.165) is 8.96 Å². The third-order valence-electron chi connectivity index (χ3n) is 1.78. The molecule has 1 heterocycles. The molecule has 0 aliphatic rings. The number of pyridine rings is 1. The van der Waals surface area contributed by atoms with Gasteiger partial charge in [0.1, 0.15) is 5.82 Å². The summed E-state index contributed by atoms with van der Waals surface area (Å²) < 4.78 is 1.14. The van der Waals surface area contributed by atoms with Gasteiger partial charge in [-0.15, -0.1) is 0 Å². The Kier molecular flexibility index (Phi) is 4.95. The van der Waals surface area contributed by atoms with Gasteiger partial charge in [-0.1, -0.05) is 24.3 Å². The lowest BCUT2D eigenvalue weighted by molar-refractivity contribution is 0.505. The van der Waals surface area contributed by atoms with Crippen LogP contribution in [0.15, 0.2) is 30.5 Å². The number of fused-ring (bicyclic) bond motifs is 1. The van der Waals surface area contributed by atoms with Crippen LogP contribution in [0, 0.1) is 3.57 Å². The van der Waals surface area contributed by atoms with Crippen molar-refractivity contribution in [1.29, 1.82) is 0 Å². The summed E-state index contributed by atoms with van der Waals surface area (Å²) >= 11 is 2.26. The molecular formula is C12H16IN3. The Morgan fingerprint density at radius 1 is 1.12 bits per heavy atom. The van der Waals surface area contributed by atoms with Crippen molar-refractivity contribution >= 4 is 39.2 Å². The number of nitrogen functional groups attached to an aromatic ring is 1. The van der Waals surface area contributed by atoms with Crippen molar-refractivity contribution in [2.75, 3.05) is 26.9 Å². The van der Waals surface area contributed by atoms with Crippen molar-refractivity contribution < 1.29 is 0 Å². The van der Waals surface area contributed by atoms with Gasteiger partial charge in [-0.2, -0.15) is 0 Å². The molecule has 0 saturated heterocycles. The molecule has 0 saturated carbocycles. The van der Waals surface area contributed by atoms with E-state index < -0.39 is 0 Å². The lowest BCUT2D eigenvalue weighted by Crippen LogP contribution is -1.99. The average molecular weight is 329 g/mol. The molecule has 0 fully saturated rings. The van der Waals surface area contributed by atoms with Crippen LogP contribution in [0.4, 0.5) is 5.82 Å².